The molecule has 0 amide bonds. The number of aromatic nitrogens is 6. The van der Waals surface area contributed by atoms with Crippen LogP contribution >= 0.6 is 0 Å². The number of imidazole rings is 1. The van der Waals surface area contributed by atoms with E-state index in [2.05, 4.69) is 38.4 Å². The molecule has 0 radical (unpaired) electrons. The summed E-state index contributed by atoms with van der Waals surface area (Å²) in [5.41, 5.74) is 3.40. The van der Waals surface area contributed by atoms with Crippen molar-refractivity contribution in [3.8, 4) is 0 Å². The second-order valence-corrected chi connectivity index (χ2v) is 6.63. The average molecular weight is 342 g/mol. The van der Waals surface area contributed by atoms with Crippen molar-refractivity contribution in [1.82, 2.24) is 29.1 Å². The summed E-state index contributed by atoms with van der Waals surface area (Å²) in [5.74, 6) is 0.803. The van der Waals surface area contributed by atoms with Gasteiger partial charge < -0.3 is 4.57 Å². The van der Waals surface area contributed by atoms with E-state index in [9.17, 15) is 4.79 Å². The monoisotopic (exact) mass is 342 g/mol. The van der Waals surface area contributed by atoms with Gasteiger partial charge in [-0.3, -0.25) is 4.57 Å². The molecular formula is C18H26N6O. The summed E-state index contributed by atoms with van der Waals surface area (Å²) in [7, 11) is 0. The average Bonchev–Trinajstić information content (AvgIpc) is 2.91. The lowest BCUT2D eigenvalue weighted by molar-refractivity contribution is 0.561. The molecule has 0 saturated carbocycles. The third-order valence-electron chi connectivity index (χ3n) is 3.79. The molecule has 3 rings (SSSR count). The predicted molar refractivity (Wildman–Crippen MR) is 98.8 cm³/mol. The van der Waals surface area contributed by atoms with Crippen LogP contribution in [0.2, 0.25) is 0 Å². The Hall–Kier alpha value is -2.57. The first kappa shape index (κ1) is 18.8. The molecule has 7 heteroatoms. The summed E-state index contributed by atoms with van der Waals surface area (Å²) in [5, 5.41) is 0. The molecule has 0 bridgehead atoms. The molecule has 0 fully saturated rings. The standard InChI is InChI=1S/C10H14N4.C8H12N2O/c1-6(2)14-5-11-9-7(3)12-8(4)13-10(9)14;1-6(2)10-5-4-7(3)9-8(10)11/h5-6H,1-4H3;4-6H,1-3H3. The van der Waals surface area contributed by atoms with E-state index >= 15 is 0 Å². The number of aryl methyl sites for hydroxylation is 3. The number of fused-ring (bicyclic) bond motifs is 1. The van der Waals surface area contributed by atoms with E-state index < -0.39 is 0 Å². The van der Waals surface area contributed by atoms with Crippen LogP contribution in [0.3, 0.4) is 0 Å². The van der Waals surface area contributed by atoms with Gasteiger partial charge in [0.15, 0.2) is 5.65 Å². The quantitative estimate of drug-likeness (QED) is 0.715. The minimum Gasteiger partial charge on any atom is -0.313 e. The number of rotatable bonds is 2. The summed E-state index contributed by atoms with van der Waals surface area (Å²) >= 11 is 0. The van der Waals surface area contributed by atoms with Gasteiger partial charge in [0.05, 0.1) is 12.0 Å². The highest BCUT2D eigenvalue weighted by Gasteiger charge is 2.10. The molecule has 0 aliphatic carbocycles. The summed E-state index contributed by atoms with van der Waals surface area (Å²) in [6, 6.07) is 2.41. The second kappa shape index (κ2) is 7.55. The van der Waals surface area contributed by atoms with E-state index in [1.54, 1.807) is 10.8 Å². The van der Waals surface area contributed by atoms with Crippen LogP contribution in [0.5, 0.6) is 0 Å². The fraction of sp³-hybridized carbons (Fsp3) is 0.500. The largest absolute Gasteiger partial charge is 0.347 e. The topological polar surface area (TPSA) is 78.5 Å². The Morgan fingerprint density at radius 2 is 1.56 bits per heavy atom. The van der Waals surface area contributed by atoms with Crippen LogP contribution < -0.4 is 5.69 Å². The third-order valence-corrected chi connectivity index (χ3v) is 3.79. The lowest BCUT2D eigenvalue weighted by Crippen LogP contribution is -2.24. The molecule has 0 atom stereocenters. The fourth-order valence-electron chi connectivity index (χ4n) is 2.46. The molecule has 3 aromatic heterocycles. The van der Waals surface area contributed by atoms with Crippen molar-refractivity contribution >= 4 is 11.2 Å². The molecule has 0 aliphatic rings. The minimum absolute atomic E-state index is 0.167. The molecule has 134 valence electrons. The van der Waals surface area contributed by atoms with Gasteiger partial charge in [0.25, 0.3) is 0 Å². The highest BCUT2D eigenvalue weighted by Crippen LogP contribution is 2.17. The van der Waals surface area contributed by atoms with Gasteiger partial charge in [0.1, 0.15) is 11.3 Å². The zero-order valence-corrected chi connectivity index (χ0v) is 16.0. The van der Waals surface area contributed by atoms with E-state index in [0.29, 0.717) is 6.04 Å². The van der Waals surface area contributed by atoms with Gasteiger partial charge >= 0.3 is 5.69 Å². The van der Waals surface area contributed by atoms with Gasteiger partial charge in [-0.15, -0.1) is 0 Å². The smallest absolute Gasteiger partial charge is 0.313 e. The normalized spacial score (nSPS) is 11.1. The van der Waals surface area contributed by atoms with Crippen molar-refractivity contribution in [2.75, 3.05) is 0 Å². The molecule has 3 aromatic rings. The molecule has 0 saturated heterocycles. The number of nitrogens with zero attached hydrogens (tertiary/aromatic N) is 6. The highest BCUT2D eigenvalue weighted by molar-refractivity contribution is 5.73. The Morgan fingerprint density at radius 1 is 0.920 bits per heavy atom. The molecule has 3 heterocycles. The summed E-state index contributed by atoms with van der Waals surface area (Å²) in [6.45, 7) is 13.8. The van der Waals surface area contributed by atoms with Crippen molar-refractivity contribution < 1.29 is 0 Å². The zero-order valence-electron chi connectivity index (χ0n) is 16.0. The maximum absolute atomic E-state index is 11.1. The van der Waals surface area contributed by atoms with Crippen molar-refractivity contribution in [2.24, 2.45) is 0 Å². The van der Waals surface area contributed by atoms with Gasteiger partial charge in [-0.25, -0.2) is 19.7 Å². The lowest BCUT2D eigenvalue weighted by atomic mass is 10.3. The molecule has 0 aromatic carbocycles. The summed E-state index contributed by atoms with van der Waals surface area (Å²) in [4.78, 5) is 27.9. The van der Waals surface area contributed by atoms with Gasteiger partial charge in [-0.05, 0) is 54.5 Å². The van der Waals surface area contributed by atoms with Gasteiger partial charge in [0, 0.05) is 24.0 Å². The second-order valence-electron chi connectivity index (χ2n) is 6.63. The van der Waals surface area contributed by atoms with E-state index in [-0.39, 0.29) is 11.7 Å². The van der Waals surface area contributed by atoms with Crippen LogP contribution in [0.15, 0.2) is 23.4 Å². The van der Waals surface area contributed by atoms with Crippen molar-refractivity contribution in [2.45, 2.75) is 60.5 Å². The Bertz CT molecular complexity index is 923. The highest BCUT2D eigenvalue weighted by atomic mass is 16.1. The summed E-state index contributed by atoms with van der Waals surface area (Å²) < 4.78 is 3.67. The molecule has 0 spiro atoms. The fourth-order valence-corrected chi connectivity index (χ4v) is 2.46. The maximum Gasteiger partial charge on any atom is 0.347 e. The number of hydrogen-bond acceptors (Lipinski definition) is 5. The molecule has 0 aliphatic heterocycles. The van der Waals surface area contributed by atoms with Gasteiger partial charge in [-0.2, -0.15) is 4.98 Å². The van der Waals surface area contributed by atoms with Gasteiger partial charge in [-0.1, -0.05) is 0 Å². The van der Waals surface area contributed by atoms with Crippen molar-refractivity contribution in [1.29, 1.82) is 0 Å². The Balaban J connectivity index is 0.000000186. The van der Waals surface area contributed by atoms with Crippen molar-refractivity contribution in [3.63, 3.8) is 0 Å². The Kier molecular flexibility index (Phi) is 5.66. The van der Waals surface area contributed by atoms with Crippen LogP contribution in [0.25, 0.3) is 11.2 Å². The first-order chi connectivity index (χ1) is 11.7. The van der Waals surface area contributed by atoms with Crippen LogP contribution in [0, 0.1) is 20.8 Å². The van der Waals surface area contributed by atoms with Crippen LogP contribution in [0.1, 0.15) is 57.0 Å². The SMILES string of the molecule is Cc1ccn(C(C)C)c(=O)n1.Cc1nc(C)c2ncn(C(C)C)c2n1. The van der Waals surface area contributed by atoms with Crippen LogP contribution in [0.4, 0.5) is 0 Å². The zero-order chi connectivity index (χ0) is 18.7. The number of hydrogen-bond donors (Lipinski definition) is 0. The molecular weight excluding hydrogens is 316 g/mol. The van der Waals surface area contributed by atoms with Crippen LogP contribution in [-0.2, 0) is 0 Å². The minimum atomic E-state index is -0.167. The van der Waals surface area contributed by atoms with Gasteiger partial charge in [0.2, 0.25) is 0 Å². The summed E-state index contributed by atoms with van der Waals surface area (Å²) in [6.07, 6.45) is 3.60. The molecule has 0 unspecified atom stereocenters. The van der Waals surface area contributed by atoms with Crippen LogP contribution in [-0.4, -0.2) is 29.1 Å². The maximum atomic E-state index is 11.1. The molecule has 25 heavy (non-hydrogen) atoms. The molecule has 0 N–H and O–H groups in total. The van der Waals surface area contributed by atoms with E-state index in [0.717, 1.165) is 28.4 Å². The van der Waals surface area contributed by atoms with E-state index in [1.165, 1.54) is 0 Å². The predicted octanol–water partition coefficient (Wildman–Crippen LogP) is 3.16. The first-order valence-corrected chi connectivity index (χ1v) is 8.44. The lowest BCUT2D eigenvalue weighted by Gasteiger charge is -2.07. The first-order valence-electron chi connectivity index (χ1n) is 8.44. The van der Waals surface area contributed by atoms with E-state index in [4.69, 9.17) is 0 Å². The van der Waals surface area contributed by atoms with Crippen molar-refractivity contribution in [3.05, 3.63) is 46.3 Å². The third kappa shape index (κ3) is 4.29. The Labute approximate surface area is 147 Å². The van der Waals surface area contributed by atoms with E-state index in [1.807, 2.05) is 47.0 Å². The Morgan fingerprint density at radius 3 is 2.12 bits per heavy atom. The molecule has 7 nitrogen and oxygen atoms in total.